The number of nitrogens with zero attached hydrogens (tertiary/aromatic N) is 2. The van der Waals surface area contributed by atoms with Gasteiger partial charge in [0.25, 0.3) is 0 Å². The highest BCUT2D eigenvalue weighted by atomic mass is 127. The third-order valence-corrected chi connectivity index (χ3v) is 5.22. The van der Waals surface area contributed by atoms with Crippen molar-refractivity contribution in [3.8, 4) is 0 Å². The first-order valence-corrected chi connectivity index (χ1v) is 10.1. The van der Waals surface area contributed by atoms with E-state index < -0.39 is 0 Å². The van der Waals surface area contributed by atoms with Crippen molar-refractivity contribution in [2.45, 2.75) is 39.7 Å². The van der Waals surface area contributed by atoms with Gasteiger partial charge in [-0.15, -0.1) is 24.0 Å². The minimum Gasteiger partial charge on any atom is -0.377 e. The lowest BCUT2D eigenvalue weighted by Crippen LogP contribution is -2.48. The van der Waals surface area contributed by atoms with Crippen LogP contribution in [-0.4, -0.2) is 56.9 Å². The number of ether oxygens (including phenoxy) is 2. The van der Waals surface area contributed by atoms with E-state index >= 15 is 0 Å². The zero-order valence-corrected chi connectivity index (χ0v) is 19.7. The molecule has 1 atom stereocenters. The van der Waals surface area contributed by atoms with E-state index in [0.29, 0.717) is 0 Å². The van der Waals surface area contributed by atoms with Crippen LogP contribution >= 0.6 is 24.0 Å². The van der Waals surface area contributed by atoms with Gasteiger partial charge in [0.2, 0.25) is 0 Å². The molecule has 0 bridgehead atoms. The van der Waals surface area contributed by atoms with Crippen molar-refractivity contribution in [2.75, 3.05) is 46.0 Å². The summed E-state index contributed by atoms with van der Waals surface area (Å²) in [4.78, 5) is 7.23. The van der Waals surface area contributed by atoms with Crippen molar-refractivity contribution in [1.29, 1.82) is 0 Å². The lowest BCUT2D eigenvalue weighted by molar-refractivity contribution is -0.00833. The summed E-state index contributed by atoms with van der Waals surface area (Å²) in [5.41, 5.74) is 5.35. The first-order valence-electron chi connectivity index (χ1n) is 10.1. The van der Waals surface area contributed by atoms with E-state index in [9.17, 15) is 0 Å². The second kappa shape index (κ2) is 11.8. The predicted molar refractivity (Wildman–Crippen MR) is 126 cm³/mol. The molecule has 2 heterocycles. The molecular weight excluding hydrogens is 465 g/mol. The maximum absolute atomic E-state index is 6.10. The third kappa shape index (κ3) is 6.46. The Morgan fingerprint density at radius 2 is 2.14 bits per heavy atom. The van der Waals surface area contributed by atoms with Crippen molar-refractivity contribution in [3.63, 3.8) is 0 Å². The van der Waals surface area contributed by atoms with Crippen LogP contribution in [0.25, 0.3) is 0 Å². The molecule has 1 saturated heterocycles. The van der Waals surface area contributed by atoms with Crippen molar-refractivity contribution in [3.05, 3.63) is 46.5 Å². The van der Waals surface area contributed by atoms with Gasteiger partial charge in [0.1, 0.15) is 6.10 Å². The second-order valence-electron chi connectivity index (χ2n) is 7.34. The van der Waals surface area contributed by atoms with Crippen molar-refractivity contribution >= 4 is 29.9 Å². The molecule has 3 rings (SSSR count). The number of morpholine rings is 1. The molecule has 6 heteroatoms. The van der Waals surface area contributed by atoms with Gasteiger partial charge >= 0.3 is 0 Å². The number of benzene rings is 1. The number of hydrogen-bond donors (Lipinski definition) is 1. The summed E-state index contributed by atoms with van der Waals surface area (Å²) in [7, 11) is 0. The number of aryl methyl sites for hydroxylation is 2. The highest BCUT2D eigenvalue weighted by Crippen LogP contribution is 2.26. The van der Waals surface area contributed by atoms with Crippen LogP contribution in [0.5, 0.6) is 0 Å². The number of nitrogens with one attached hydrogen (secondary N) is 1. The minimum atomic E-state index is 0. The van der Waals surface area contributed by atoms with Gasteiger partial charge in [-0.2, -0.15) is 0 Å². The maximum atomic E-state index is 6.10. The van der Waals surface area contributed by atoms with Crippen molar-refractivity contribution in [1.82, 2.24) is 10.2 Å². The molecule has 1 aromatic rings. The molecule has 156 valence electrons. The first kappa shape index (κ1) is 23.2. The molecule has 28 heavy (non-hydrogen) atoms. The van der Waals surface area contributed by atoms with Crippen molar-refractivity contribution in [2.24, 2.45) is 4.99 Å². The normalized spacial score (nSPS) is 20.4. The van der Waals surface area contributed by atoms with Gasteiger partial charge in [-0.3, -0.25) is 4.99 Å². The fourth-order valence-corrected chi connectivity index (χ4v) is 3.74. The smallest absolute Gasteiger partial charge is 0.194 e. The van der Waals surface area contributed by atoms with Crippen LogP contribution < -0.4 is 5.32 Å². The Morgan fingerprint density at radius 1 is 1.29 bits per heavy atom. The number of hydrogen-bond acceptors (Lipinski definition) is 3. The van der Waals surface area contributed by atoms with E-state index in [2.05, 4.69) is 55.3 Å². The zero-order valence-electron chi connectivity index (χ0n) is 17.4. The van der Waals surface area contributed by atoms with Gasteiger partial charge in [0, 0.05) is 19.6 Å². The van der Waals surface area contributed by atoms with E-state index in [1.54, 1.807) is 0 Å². The standard InChI is InChI=1S/C22H33N3O2.HI/c1-4-23-22(24-10-7-19-8-12-26-13-9-19)25-11-14-27-21(16-25)20-6-5-17(2)15-18(20)3;/h5-6,8,15,21H,4,7,9-14,16H2,1-3H3,(H,23,24);1H. The fourth-order valence-electron chi connectivity index (χ4n) is 3.74. The van der Waals surface area contributed by atoms with E-state index in [1.165, 1.54) is 22.3 Å². The number of rotatable bonds is 5. The SMILES string of the molecule is CCNC(=NCCC1=CCOCC1)N1CCOC(c2ccc(C)cc2C)C1.I. The Balaban J connectivity index is 0.00000280. The number of aliphatic imine (C=N–C) groups is 1. The molecule has 1 N–H and O–H groups in total. The highest BCUT2D eigenvalue weighted by Gasteiger charge is 2.25. The van der Waals surface area contributed by atoms with Gasteiger partial charge in [-0.05, 0) is 44.7 Å². The lowest BCUT2D eigenvalue weighted by atomic mass is 10.00. The summed E-state index contributed by atoms with van der Waals surface area (Å²) < 4.78 is 11.5. The molecule has 0 spiro atoms. The maximum Gasteiger partial charge on any atom is 0.194 e. The van der Waals surface area contributed by atoms with Crippen LogP contribution in [0.15, 0.2) is 34.8 Å². The molecule has 2 aliphatic heterocycles. The highest BCUT2D eigenvalue weighted by molar-refractivity contribution is 14.0. The molecule has 0 saturated carbocycles. The number of guanidine groups is 1. The molecule has 2 aliphatic rings. The average Bonchev–Trinajstić information content (AvgIpc) is 2.68. The van der Waals surface area contributed by atoms with Gasteiger partial charge in [-0.25, -0.2) is 0 Å². The minimum absolute atomic E-state index is 0. The van der Waals surface area contributed by atoms with Gasteiger partial charge in [-0.1, -0.05) is 35.4 Å². The Bertz CT molecular complexity index is 690. The van der Waals surface area contributed by atoms with Crippen LogP contribution in [-0.2, 0) is 9.47 Å². The van der Waals surface area contributed by atoms with E-state index in [-0.39, 0.29) is 30.1 Å². The van der Waals surface area contributed by atoms with E-state index in [4.69, 9.17) is 14.5 Å². The Morgan fingerprint density at radius 3 is 2.86 bits per heavy atom. The summed E-state index contributed by atoms with van der Waals surface area (Å²) in [5.74, 6) is 1.00. The van der Waals surface area contributed by atoms with Crippen LogP contribution in [0.3, 0.4) is 0 Å². The first-order chi connectivity index (χ1) is 13.2. The summed E-state index contributed by atoms with van der Waals surface area (Å²) in [5, 5.41) is 3.46. The Hall–Kier alpha value is -1.12. The molecule has 1 aromatic carbocycles. The second-order valence-corrected chi connectivity index (χ2v) is 7.34. The third-order valence-electron chi connectivity index (χ3n) is 5.22. The largest absolute Gasteiger partial charge is 0.377 e. The predicted octanol–water partition coefficient (Wildman–Crippen LogP) is 4.00. The van der Waals surface area contributed by atoms with Crippen LogP contribution in [0, 0.1) is 13.8 Å². The van der Waals surface area contributed by atoms with E-state index in [0.717, 1.165) is 64.8 Å². The lowest BCUT2D eigenvalue weighted by Gasteiger charge is -2.36. The zero-order chi connectivity index (χ0) is 19.1. The van der Waals surface area contributed by atoms with Crippen LogP contribution in [0.2, 0.25) is 0 Å². The molecule has 1 unspecified atom stereocenters. The molecule has 0 aliphatic carbocycles. The van der Waals surface area contributed by atoms with Gasteiger partial charge in [0.15, 0.2) is 5.96 Å². The molecule has 5 nitrogen and oxygen atoms in total. The van der Waals surface area contributed by atoms with Gasteiger partial charge < -0.3 is 19.7 Å². The quantitative estimate of drug-likeness (QED) is 0.288. The van der Waals surface area contributed by atoms with Crippen LogP contribution in [0.4, 0.5) is 0 Å². The topological polar surface area (TPSA) is 46.1 Å². The fraction of sp³-hybridized carbons (Fsp3) is 0.591. The summed E-state index contributed by atoms with van der Waals surface area (Å²) in [6, 6.07) is 6.62. The summed E-state index contributed by atoms with van der Waals surface area (Å²) in [6.07, 6.45) is 4.36. The molecular formula is C22H34IN3O2. The molecule has 0 radical (unpaired) electrons. The monoisotopic (exact) mass is 499 g/mol. The van der Waals surface area contributed by atoms with Gasteiger partial charge in [0.05, 0.1) is 26.4 Å². The molecule has 0 aromatic heterocycles. The van der Waals surface area contributed by atoms with Crippen LogP contribution in [0.1, 0.15) is 42.6 Å². The van der Waals surface area contributed by atoms with E-state index in [1.807, 2.05) is 0 Å². The summed E-state index contributed by atoms with van der Waals surface area (Å²) >= 11 is 0. The Kier molecular flexibility index (Phi) is 9.74. The van der Waals surface area contributed by atoms with Crippen molar-refractivity contribution < 1.29 is 9.47 Å². The summed E-state index contributed by atoms with van der Waals surface area (Å²) in [6.45, 7) is 12.2. The Labute approximate surface area is 186 Å². The number of halogens is 1. The molecule has 1 fully saturated rings. The average molecular weight is 499 g/mol. The molecule has 0 amide bonds.